The maximum Gasteiger partial charge on any atom is 0.319 e. The molecular weight excluding hydrogens is 296 g/mol. The summed E-state index contributed by atoms with van der Waals surface area (Å²) in [7, 11) is 1.58. The van der Waals surface area contributed by atoms with E-state index in [-0.39, 0.29) is 5.57 Å². The van der Waals surface area contributed by atoms with Gasteiger partial charge in [0.15, 0.2) is 0 Å². The van der Waals surface area contributed by atoms with Crippen molar-refractivity contribution in [1.29, 1.82) is 5.26 Å². The number of hydrogen-bond donors (Lipinski definition) is 2. The molecule has 23 heavy (non-hydrogen) atoms. The number of nitrogens with zero attached hydrogens (tertiary/aromatic N) is 2. The predicted octanol–water partition coefficient (Wildman–Crippen LogP) is 1.59. The number of carbonyl (C=O) groups is 2. The first-order valence-corrected chi connectivity index (χ1v) is 6.59. The van der Waals surface area contributed by atoms with Crippen molar-refractivity contribution < 1.29 is 14.3 Å². The minimum Gasteiger partial charge on any atom is -0.497 e. The molecule has 2 rings (SSSR count). The van der Waals surface area contributed by atoms with Crippen molar-refractivity contribution in [3.8, 4) is 17.5 Å². The Hall–Kier alpha value is -3.53. The number of aromatic nitrogens is 1. The Morgan fingerprint density at radius 3 is 2.57 bits per heavy atom. The summed E-state index contributed by atoms with van der Waals surface area (Å²) in [4.78, 5) is 22.4. The molecule has 0 aliphatic rings. The van der Waals surface area contributed by atoms with E-state index in [0.717, 1.165) is 11.4 Å². The van der Waals surface area contributed by atoms with Crippen molar-refractivity contribution in [2.75, 3.05) is 7.11 Å². The number of nitriles is 1. The molecule has 3 N–H and O–H groups in total. The van der Waals surface area contributed by atoms with Crippen molar-refractivity contribution in [3.63, 3.8) is 0 Å². The number of rotatable bonds is 4. The highest BCUT2D eigenvalue weighted by Gasteiger charge is 2.12. The molecule has 1 heterocycles. The SMILES string of the molecule is COc1ccc(-n2cccc2/C=C(/C#N)C(=O)NC(N)=O)cc1. The average molecular weight is 310 g/mol. The second kappa shape index (κ2) is 6.95. The lowest BCUT2D eigenvalue weighted by Crippen LogP contribution is -2.35. The minimum atomic E-state index is -1.01. The average Bonchev–Trinajstić information content (AvgIpc) is 3.00. The Bertz CT molecular complexity index is 797. The van der Waals surface area contributed by atoms with Gasteiger partial charge in [-0.05, 0) is 42.5 Å². The van der Waals surface area contributed by atoms with Crippen LogP contribution in [0.1, 0.15) is 5.69 Å². The first-order chi connectivity index (χ1) is 11.0. The molecule has 0 saturated heterocycles. The van der Waals surface area contributed by atoms with E-state index in [4.69, 9.17) is 15.7 Å². The summed E-state index contributed by atoms with van der Waals surface area (Å²) in [5.41, 5.74) is 6.09. The van der Waals surface area contributed by atoms with Crippen LogP contribution in [-0.4, -0.2) is 23.6 Å². The third-order valence-electron chi connectivity index (χ3n) is 3.02. The number of hydrogen-bond acceptors (Lipinski definition) is 4. The summed E-state index contributed by atoms with van der Waals surface area (Å²) >= 11 is 0. The van der Waals surface area contributed by atoms with Crippen LogP contribution in [0.2, 0.25) is 0 Å². The second-order valence-electron chi connectivity index (χ2n) is 4.49. The smallest absolute Gasteiger partial charge is 0.319 e. The lowest BCUT2D eigenvalue weighted by atomic mass is 10.2. The number of nitrogens with one attached hydrogen (secondary N) is 1. The molecule has 7 heteroatoms. The maximum absolute atomic E-state index is 11.7. The molecule has 0 aliphatic carbocycles. The summed E-state index contributed by atoms with van der Waals surface area (Å²) in [5.74, 6) is -0.126. The molecule has 1 aromatic heterocycles. The Morgan fingerprint density at radius 1 is 1.30 bits per heavy atom. The van der Waals surface area contributed by atoms with Crippen molar-refractivity contribution in [2.45, 2.75) is 0 Å². The van der Waals surface area contributed by atoms with E-state index in [9.17, 15) is 9.59 Å². The van der Waals surface area contributed by atoms with Gasteiger partial charge < -0.3 is 15.0 Å². The molecule has 0 aliphatic heterocycles. The highest BCUT2D eigenvalue weighted by atomic mass is 16.5. The van der Waals surface area contributed by atoms with Gasteiger partial charge in [-0.1, -0.05) is 0 Å². The van der Waals surface area contributed by atoms with E-state index in [1.807, 2.05) is 17.4 Å². The van der Waals surface area contributed by atoms with Gasteiger partial charge in [0.2, 0.25) is 0 Å². The van der Waals surface area contributed by atoms with E-state index in [1.165, 1.54) is 6.08 Å². The Morgan fingerprint density at radius 2 is 2.00 bits per heavy atom. The van der Waals surface area contributed by atoms with Crippen LogP contribution in [0.15, 0.2) is 48.2 Å². The molecular formula is C16H14N4O3. The Labute approximate surface area is 132 Å². The second-order valence-corrected chi connectivity index (χ2v) is 4.49. The monoisotopic (exact) mass is 310 g/mol. The highest BCUT2D eigenvalue weighted by molar-refractivity contribution is 6.08. The van der Waals surface area contributed by atoms with Gasteiger partial charge in [0.25, 0.3) is 5.91 Å². The predicted molar refractivity (Wildman–Crippen MR) is 83.6 cm³/mol. The fourth-order valence-corrected chi connectivity index (χ4v) is 1.97. The number of nitrogens with two attached hydrogens (primary N) is 1. The molecule has 0 saturated carbocycles. The number of urea groups is 1. The number of benzene rings is 1. The third kappa shape index (κ3) is 3.77. The van der Waals surface area contributed by atoms with Gasteiger partial charge in [-0.25, -0.2) is 4.79 Å². The number of carbonyl (C=O) groups excluding carboxylic acids is 2. The van der Waals surface area contributed by atoms with Crippen LogP contribution >= 0.6 is 0 Å². The summed E-state index contributed by atoms with van der Waals surface area (Å²) in [6.45, 7) is 0. The van der Waals surface area contributed by atoms with Gasteiger partial charge in [-0.2, -0.15) is 5.26 Å². The van der Waals surface area contributed by atoms with Gasteiger partial charge in [-0.3, -0.25) is 10.1 Å². The number of primary amides is 1. The van der Waals surface area contributed by atoms with Crippen LogP contribution < -0.4 is 15.8 Å². The largest absolute Gasteiger partial charge is 0.497 e. The quantitative estimate of drug-likeness (QED) is 0.660. The lowest BCUT2D eigenvalue weighted by Gasteiger charge is -2.08. The number of ether oxygens (including phenoxy) is 1. The fraction of sp³-hybridized carbons (Fsp3) is 0.0625. The van der Waals surface area contributed by atoms with Gasteiger partial charge in [-0.15, -0.1) is 0 Å². The molecule has 2 aromatic rings. The molecule has 0 spiro atoms. The highest BCUT2D eigenvalue weighted by Crippen LogP contribution is 2.19. The van der Waals surface area contributed by atoms with Crippen LogP contribution in [0, 0.1) is 11.3 Å². The van der Waals surface area contributed by atoms with Crippen LogP contribution in [0.4, 0.5) is 4.79 Å². The zero-order chi connectivity index (χ0) is 16.8. The number of methoxy groups -OCH3 is 1. The summed E-state index contributed by atoms with van der Waals surface area (Å²) in [5, 5.41) is 10.9. The maximum atomic E-state index is 11.7. The Kier molecular flexibility index (Phi) is 4.79. The van der Waals surface area contributed by atoms with E-state index in [2.05, 4.69) is 0 Å². The normalized spacial score (nSPS) is 10.7. The van der Waals surface area contributed by atoms with Gasteiger partial charge >= 0.3 is 6.03 Å². The van der Waals surface area contributed by atoms with Gasteiger partial charge in [0.05, 0.1) is 7.11 Å². The number of amides is 3. The van der Waals surface area contributed by atoms with Crippen molar-refractivity contribution in [2.24, 2.45) is 5.73 Å². The van der Waals surface area contributed by atoms with Crippen LogP contribution in [0.5, 0.6) is 5.75 Å². The zero-order valence-electron chi connectivity index (χ0n) is 12.3. The first kappa shape index (κ1) is 15.9. The third-order valence-corrected chi connectivity index (χ3v) is 3.02. The Balaban J connectivity index is 2.36. The zero-order valence-corrected chi connectivity index (χ0v) is 12.3. The molecule has 3 amide bonds. The van der Waals surface area contributed by atoms with Gasteiger partial charge in [0.1, 0.15) is 17.4 Å². The fourth-order valence-electron chi connectivity index (χ4n) is 1.97. The standard InChI is InChI=1S/C16H14N4O3/c1-23-14-6-4-12(5-7-14)20-8-2-3-13(20)9-11(10-17)15(21)19-16(18)22/h2-9H,1H3,(H3,18,19,21,22)/b11-9-. The lowest BCUT2D eigenvalue weighted by molar-refractivity contribution is -0.115. The van der Waals surface area contributed by atoms with E-state index < -0.39 is 11.9 Å². The summed E-state index contributed by atoms with van der Waals surface area (Å²) < 4.78 is 6.89. The topological polar surface area (TPSA) is 110 Å². The van der Waals surface area contributed by atoms with Gasteiger partial charge in [0, 0.05) is 17.6 Å². The van der Waals surface area contributed by atoms with E-state index >= 15 is 0 Å². The number of imide groups is 1. The summed E-state index contributed by atoms with van der Waals surface area (Å²) in [6.07, 6.45) is 3.16. The van der Waals surface area contributed by atoms with Crippen molar-refractivity contribution in [3.05, 3.63) is 53.9 Å². The molecule has 7 nitrogen and oxygen atoms in total. The molecule has 0 fully saturated rings. The van der Waals surface area contributed by atoms with Crippen LogP contribution in [0.3, 0.4) is 0 Å². The first-order valence-electron chi connectivity index (χ1n) is 6.59. The molecule has 0 bridgehead atoms. The van der Waals surface area contributed by atoms with E-state index in [0.29, 0.717) is 5.69 Å². The molecule has 116 valence electrons. The van der Waals surface area contributed by atoms with Crippen LogP contribution in [-0.2, 0) is 4.79 Å². The van der Waals surface area contributed by atoms with Crippen molar-refractivity contribution in [1.82, 2.24) is 9.88 Å². The molecule has 0 atom stereocenters. The van der Waals surface area contributed by atoms with Crippen molar-refractivity contribution >= 4 is 18.0 Å². The van der Waals surface area contributed by atoms with Crippen LogP contribution in [0.25, 0.3) is 11.8 Å². The van der Waals surface area contributed by atoms with E-state index in [1.54, 1.807) is 48.2 Å². The summed E-state index contributed by atoms with van der Waals surface area (Å²) in [6, 6.07) is 11.5. The molecule has 1 aromatic carbocycles. The molecule has 0 unspecified atom stereocenters. The molecule has 0 radical (unpaired) electrons. The minimum absolute atomic E-state index is 0.225.